The molecule has 6 nitrogen and oxygen atoms in total. The molecule has 0 fully saturated rings. The summed E-state index contributed by atoms with van der Waals surface area (Å²) in [5.41, 5.74) is 0. The van der Waals surface area contributed by atoms with Crippen molar-refractivity contribution in [2.45, 2.75) is 0 Å². The largest absolute Gasteiger partial charge is 0.339 e. The molecule has 0 saturated carbocycles. The molecule has 7 heteroatoms. The Morgan fingerprint density at radius 2 is 2.56 bits per heavy atom. The van der Waals surface area contributed by atoms with Crippen LogP contribution >= 0.6 is 11.6 Å². The van der Waals surface area contributed by atoms with Crippen molar-refractivity contribution in [3.8, 4) is 0 Å². The maximum atomic E-state index is 9.82. The molecule has 1 rings (SSSR count). The Bertz CT molecular complexity index is 232. The lowest BCUT2D eigenvalue weighted by atomic mass is 10.9. The van der Waals surface area contributed by atoms with Gasteiger partial charge in [-0.2, -0.15) is 0 Å². The molecule has 0 saturated heterocycles. The van der Waals surface area contributed by atoms with Crippen molar-refractivity contribution in [3.05, 3.63) is 21.5 Å². The van der Waals surface area contributed by atoms with Gasteiger partial charge in [0.1, 0.15) is 6.20 Å². The Morgan fingerprint density at radius 1 is 1.89 bits per heavy atom. The van der Waals surface area contributed by atoms with Crippen LogP contribution in [0.1, 0.15) is 0 Å². The minimum Gasteiger partial charge on any atom is -0.339 e. The summed E-state index contributed by atoms with van der Waals surface area (Å²) in [6.45, 7) is 0. The molecule has 0 aliphatic rings. The van der Waals surface area contributed by atoms with E-state index >= 15 is 0 Å². The third-order valence-corrected chi connectivity index (χ3v) is 0.794. The van der Waals surface area contributed by atoms with E-state index in [-0.39, 0.29) is 5.15 Å². The van der Waals surface area contributed by atoms with Crippen molar-refractivity contribution in [2.24, 2.45) is 0 Å². The number of nitro groups is 1. The molecule has 0 aromatic carbocycles. The van der Waals surface area contributed by atoms with Crippen LogP contribution in [0.4, 0.5) is 0 Å². The number of hydrogen-bond acceptors (Lipinski definition) is 4. The average molecular weight is 149 g/mol. The van der Waals surface area contributed by atoms with Crippen molar-refractivity contribution in [3.63, 3.8) is 0 Å². The molecule has 0 aliphatic heterocycles. The predicted molar refractivity (Wildman–Crippen MR) is 27.4 cm³/mol. The maximum absolute atomic E-state index is 9.82. The summed E-state index contributed by atoms with van der Waals surface area (Å²) in [4.78, 5) is 10.3. The van der Waals surface area contributed by atoms with E-state index in [1.807, 2.05) is 0 Å². The van der Waals surface area contributed by atoms with Crippen LogP contribution < -0.4 is 0 Å². The first-order valence-electron chi connectivity index (χ1n) is 1.92. The van der Waals surface area contributed by atoms with Crippen LogP contribution in [0.3, 0.4) is 0 Å². The number of hydrogen-bond donors (Lipinski definition) is 0. The van der Waals surface area contributed by atoms with Crippen molar-refractivity contribution in [1.82, 2.24) is 15.1 Å². The fourth-order valence-corrected chi connectivity index (χ4v) is 0.436. The lowest BCUT2D eigenvalue weighted by Gasteiger charge is -1.84. The first-order valence-corrected chi connectivity index (χ1v) is 2.30. The third-order valence-electron chi connectivity index (χ3n) is 0.621. The van der Waals surface area contributed by atoms with Crippen LogP contribution in [-0.4, -0.2) is 20.1 Å². The average Bonchev–Trinajstić information content (AvgIpc) is 2.14. The first-order chi connectivity index (χ1) is 4.20. The second kappa shape index (κ2) is 1.98. The Balaban J connectivity index is 2.98. The van der Waals surface area contributed by atoms with Gasteiger partial charge in [0.15, 0.2) is 5.21 Å². The Kier molecular flexibility index (Phi) is 1.31. The summed E-state index contributed by atoms with van der Waals surface area (Å²) < 4.78 is 0. The van der Waals surface area contributed by atoms with Crippen LogP contribution in [0.5, 0.6) is 0 Å². The topological polar surface area (TPSA) is 73.8 Å². The molecule has 1 heterocycles. The minimum absolute atomic E-state index is 0.00620. The molecule has 1 aromatic rings. The van der Waals surface area contributed by atoms with Crippen LogP contribution in [0.2, 0.25) is 5.15 Å². The molecule has 0 amide bonds. The van der Waals surface area contributed by atoms with Gasteiger partial charge in [-0.1, -0.05) is 11.6 Å². The Morgan fingerprint density at radius 3 is 2.78 bits per heavy atom. The van der Waals surface area contributed by atoms with E-state index in [1.54, 1.807) is 0 Å². The highest BCUT2D eigenvalue weighted by atomic mass is 35.5. The predicted octanol–water partition coefficient (Wildman–Crippen LogP) is -0.0287. The highest BCUT2D eigenvalue weighted by Gasteiger charge is 2.04. The van der Waals surface area contributed by atoms with Gasteiger partial charge in [-0.25, -0.2) is 0 Å². The normalized spacial score (nSPS) is 9.44. The Labute approximate surface area is 54.2 Å². The number of rotatable bonds is 1. The summed E-state index contributed by atoms with van der Waals surface area (Å²) in [5, 5.41) is 15.3. The van der Waals surface area contributed by atoms with E-state index in [2.05, 4.69) is 10.3 Å². The summed E-state index contributed by atoms with van der Waals surface area (Å²) in [6, 6.07) is 0. The van der Waals surface area contributed by atoms with Crippen molar-refractivity contribution in [2.75, 3.05) is 0 Å². The zero-order valence-electron chi connectivity index (χ0n) is 4.06. The van der Waals surface area contributed by atoms with Gasteiger partial charge in [0.2, 0.25) is 5.15 Å². The second-order valence-electron chi connectivity index (χ2n) is 1.20. The summed E-state index contributed by atoms with van der Waals surface area (Å²) in [5.74, 6) is 0. The summed E-state index contributed by atoms with van der Waals surface area (Å²) in [7, 11) is 0. The minimum atomic E-state index is -0.737. The van der Waals surface area contributed by atoms with Crippen molar-refractivity contribution in [1.29, 1.82) is 0 Å². The van der Waals surface area contributed by atoms with E-state index in [0.29, 0.717) is 4.79 Å². The smallest absolute Gasteiger partial charge is 0.203 e. The van der Waals surface area contributed by atoms with E-state index < -0.39 is 5.03 Å². The van der Waals surface area contributed by atoms with Crippen LogP contribution in [0.15, 0.2) is 6.20 Å². The molecule has 9 heavy (non-hydrogen) atoms. The lowest BCUT2D eigenvalue weighted by Crippen LogP contribution is -2.08. The van der Waals surface area contributed by atoms with Gasteiger partial charge >= 0.3 is 0 Å². The van der Waals surface area contributed by atoms with E-state index in [1.165, 1.54) is 0 Å². The van der Waals surface area contributed by atoms with Gasteiger partial charge in [-0.05, 0) is 0 Å². The fourth-order valence-electron chi connectivity index (χ4n) is 0.315. The summed E-state index contributed by atoms with van der Waals surface area (Å²) in [6.07, 6.45) is 1.00. The zero-order valence-corrected chi connectivity index (χ0v) is 4.82. The maximum Gasteiger partial charge on any atom is 0.203 e. The van der Waals surface area contributed by atoms with E-state index in [0.717, 1.165) is 6.20 Å². The molecule has 0 atom stereocenters. The molecule has 1 aromatic heterocycles. The van der Waals surface area contributed by atoms with E-state index in [4.69, 9.17) is 11.6 Å². The fraction of sp³-hybridized carbons (Fsp3) is 0. The van der Waals surface area contributed by atoms with E-state index in [9.17, 15) is 10.1 Å². The summed E-state index contributed by atoms with van der Waals surface area (Å²) >= 11 is 5.21. The second-order valence-corrected chi connectivity index (χ2v) is 1.59. The van der Waals surface area contributed by atoms with Gasteiger partial charge in [-0.15, -0.1) is 0 Å². The monoisotopic (exact) mass is 148 g/mol. The third kappa shape index (κ3) is 1.14. The molecule has 0 unspecified atom stereocenters. The molecule has 0 aliphatic carbocycles. The first kappa shape index (κ1) is 5.96. The molecule has 0 bridgehead atoms. The number of nitrogens with zero attached hydrogens (tertiary/aromatic N) is 4. The van der Waals surface area contributed by atoms with Crippen LogP contribution in [-0.2, 0) is 0 Å². The zero-order chi connectivity index (χ0) is 6.85. The van der Waals surface area contributed by atoms with Crippen LogP contribution in [0, 0.1) is 10.1 Å². The number of aromatic nitrogens is 3. The van der Waals surface area contributed by atoms with Crippen LogP contribution in [0.25, 0.3) is 0 Å². The van der Waals surface area contributed by atoms with Crippen molar-refractivity contribution < 1.29 is 5.03 Å². The molecular formula is C2HClN4O2. The molecule has 0 spiro atoms. The van der Waals surface area contributed by atoms with Gasteiger partial charge in [-0.3, -0.25) is 0 Å². The molecule has 0 N–H and O–H groups in total. The van der Waals surface area contributed by atoms with Gasteiger partial charge < -0.3 is 10.1 Å². The van der Waals surface area contributed by atoms with Crippen molar-refractivity contribution >= 4 is 11.6 Å². The molecular weight excluding hydrogens is 148 g/mol. The van der Waals surface area contributed by atoms with Gasteiger partial charge in [0.05, 0.1) is 9.82 Å². The Hall–Kier alpha value is -1.17. The molecule has 0 radical (unpaired) electrons. The van der Waals surface area contributed by atoms with Gasteiger partial charge in [0, 0.05) is 5.10 Å². The quantitative estimate of drug-likeness (QED) is 0.414. The SMILES string of the molecule is O=[N+]([O-])n1cc(Cl)nn1. The highest BCUT2D eigenvalue weighted by molar-refractivity contribution is 6.29. The standard InChI is InChI=1S/C2HClN4O2/c3-2-1-6(5-4-2)7(8)9/h1H. The molecule has 48 valence electrons. The van der Waals surface area contributed by atoms with Gasteiger partial charge in [0.25, 0.3) is 0 Å². The highest BCUT2D eigenvalue weighted by Crippen LogP contribution is 1.98. The lowest BCUT2D eigenvalue weighted by molar-refractivity contribution is -0.553. The number of halogens is 1.